The minimum atomic E-state index is -0.862. The Kier molecular flexibility index (Phi) is 53.7. The summed E-state index contributed by atoms with van der Waals surface area (Å²) in [5.74, 6) is -0.0698. The number of aliphatic hydroxyl groups is 2. The Morgan fingerprint density at radius 3 is 0.921 bits per heavy atom. The SMILES string of the molecule is CCCCCCCCCCCCCC/C=C\CCCCCCCCCCCCCCC(=O)NC(CO)C(O)/C=C/CC/C=C/CCCCCCCCCCCCCCCCCCC. The number of allylic oxidation sites excluding steroid dienone is 5. The van der Waals surface area contributed by atoms with Crippen LogP contribution in [0.15, 0.2) is 36.5 Å². The summed E-state index contributed by atoms with van der Waals surface area (Å²) in [4.78, 5) is 12.5. The van der Waals surface area contributed by atoms with Crippen LogP contribution in [0.4, 0.5) is 0 Å². The summed E-state index contributed by atoms with van der Waals surface area (Å²) >= 11 is 0. The van der Waals surface area contributed by atoms with Gasteiger partial charge in [0.05, 0.1) is 18.8 Å². The Labute approximate surface area is 395 Å². The van der Waals surface area contributed by atoms with E-state index in [9.17, 15) is 15.0 Å². The van der Waals surface area contributed by atoms with Gasteiger partial charge in [0.2, 0.25) is 5.91 Å². The number of nitrogens with one attached hydrogen (secondary N) is 1. The third-order valence-electron chi connectivity index (χ3n) is 13.3. The Morgan fingerprint density at radius 2 is 0.619 bits per heavy atom. The predicted octanol–water partition coefficient (Wildman–Crippen LogP) is 18.9. The molecule has 0 radical (unpaired) electrons. The summed E-state index contributed by atoms with van der Waals surface area (Å²) in [7, 11) is 0. The summed E-state index contributed by atoms with van der Waals surface area (Å²) in [6.07, 6.45) is 74.6. The van der Waals surface area contributed by atoms with Gasteiger partial charge in [-0.2, -0.15) is 0 Å². The van der Waals surface area contributed by atoms with Crippen LogP contribution in [0.5, 0.6) is 0 Å². The van der Waals surface area contributed by atoms with Gasteiger partial charge in [-0.05, 0) is 57.8 Å². The van der Waals surface area contributed by atoms with E-state index in [-0.39, 0.29) is 12.5 Å². The second-order valence-corrected chi connectivity index (χ2v) is 19.7. The monoisotopic (exact) mass is 884 g/mol. The van der Waals surface area contributed by atoms with Crippen molar-refractivity contribution in [3.05, 3.63) is 36.5 Å². The molecular formula is C59H113NO3. The molecule has 0 bridgehead atoms. The van der Waals surface area contributed by atoms with Gasteiger partial charge in [0.1, 0.15) is 0 Å². The first-order valence-electron chi connectivity index (χ1n) is 28.7. The standard InChI is InChI=1S/C59H113NO3/c1-3-5-7-9-11-13-15-17-19-21-23-25-27-28-29-30-31-33-35-37-39-41-43-45-47-49-51-53-55-59(63)60-57(56-61)58(62)54-52-50-48-46-44-42-40-38-36-34-32-26-24-22-20-18-16-14-12-10-8-6-4-2/h28-29,44,46,52,54,57-58,61-62H,3-27,30-43,45,47-51,53,55-56H2,1-2H3,(H,60,63)/b29-28-,46-44+,54-52+. The Bertz CT molecular complexity index is 958. The van der Waals surface area contributed by atoms with Crippen molar-refractivity contribution in [2.45, 2.75) is 328 Å². The molecule has 0 aliphatic heterocycles. The molecule has 4 heteroatoms. The number of amides is 1. The Balaban J connectivity index is 3.50. The van der Waals surface area contributed by atoms with Gasteiger partial charge in [0.25, 0.3) is 0 Å². The van der Waals surface area contributed by atoms with Crippen LogP contribution in [0, 0.1) is 0 Å². The van der Waals surface area contributed by atoms with Crippen molar-refractivity contribution in [1.29, 1.82) is 0 Å². The molecule has 0 aliphatic rings. The van der Waals surface area contributed by atoms with Crippen LogP contribution in [-0.4, -0.2) is 34.9 Å². The maximum atomic E-state index is 12.5. The van der Waals surface area contributed by atoms with Crippen molar-refractivity contribution in [3.8, 4) is 0 Å². The average molecular weight is 885 g/mol. The molecule has 0 aromatic heterocycles. The van der Waals surface area contributed by atoms with Gasteiger partial charge < -0.3 is 15.5 Å². The second-order valence-electron chi connectivity index (χ2n) is 19.7. The van der Waals surface area contributed by atoms with Gasteiger partial charge in [0.15, 0.2) is 0 Å². The smallest absolute Gasteiger partial charge is 0.220 e. The molecule has 0 aromatic rings. The number of hydrogen-bond acceptors (Lipinski definition) is 3. The lowest BCUT2D eigenvalue weighted by molar-refractivity contribution is -0.123. The molecule has 1 amide bonds. The lowest BCUT2D eigenvalue weighted by Gasteiger charge is -2.19. The molecule has 4 nitrogen and oxygen atoms in total. The molecular weight excluding hydrogens is 771 g/mol. The first-order chi connectivity index (χ1) is 31.2. The molecule has 0 aliphatic carbocycles. The number of rotatable bonds is 53. The number of carbonyl (C=O) groups is 1. The number of hydrogen-bond donors (Lipinski definition) is 3. The average Bonchev–Trinajstić information content (AvgIpc) is 3.29. The topological polar surface area (TPSA) is 69.6 Å². The largest absolute Gasteiger partial charge is 0.394 e. The number of carbonyl (C=O) groups excluding carboxylic acids is 1. The highest BCUT2D eigenvalue weighted by Gasteiger charge is 2.18. The zero-order valence-corrected chi connectivity index (χ0v) is 42.9. The molecule has 3 N–H and O–H groups in total. The van der Waals surface area contributed by atoms with Gasteiger partial charge in [0, 0.05) is 6.42 Å². The number of aliphatic hydroxyl groups excluding tert-OH is 2. The highest BCUT2D eigenvalue weighted by molar-refractivity contribution is 5.76. The fourth-order valence-electron chi connectivity index (χ4n) is 8.96. The summed E-state index contributed by atoms with van der Waals surface area (Å²) in [6.45, 7) is 4.33. The van der Waals surface area contributed by atoms with Gasteiger partial charge in [-0.1, -0.05) is 288 Å². The van der Waals surface area contributed by atoms with Crippen molar-refractivity contribution in [3.63, 3.8) is 0 Å². The van der Waals surface area contributed by atoms with Crippen molar-refractivity contribution >= 4 is 5.91 Å². The van der Waals surface area contributed by atoms with Crippen LogP contribution in [0.2, 0.25) is 0 Å². The normalized spacial score (nSPS) is 13.0. The predicted molar refractivity (Wildman–Crippen MR) is 281 cm³/mol. The van der Waals surface area contributed by atoms with E-state index in [1.807, 2.05) is 6.08 Å². The van der Waals surface area contributed by atoms with Crippen LogP contribution in [0.3, 0.4) is 0 Å². The van der Waals surface area contributed by atoms with E-state index < -0.39 is 12.1 Å². The van der Waals surface area contributed by atoms with Crippen molar-refractivity contribution in [1.82, 2.24) is 5.32 Å². The van der Waals surface area contributed by atoms with Gasteiger partial charge in [-0.15, -0.1) is 0 Å². The first-order valence-corrected chi connectivity index (χ1v) is 28.7. The third kappa shape index (κ3) is 51.5. The maximum absolute atomic E-state index is 12.5. The molecule has 2 atom stereocenters. The molecule has 0 spiro atoms. The Hall–Kier alpha value is -1.39. The van der Waals surface area contributed by atoms with Gasteiger partial charge in [-0.3, -0.25) is 4.79 Å². The molecule has 0 heterocycles. The van der Waals surface area contributed by atoms with Crippen LogP contribution in [0.25, 0.3) is 0 Å². The fourth-order valence-corrected chi connectivity index (χ4v) is 8.96. The molecule has 0 saturated heterocycles. The second kappa shape index (κ2) is 54.9. The zero-order valence-electron chi connectivity index (χ0n) is 42.9. The van der Waals surface area contributed by atoms with E-state index in [0.717, 1.165) is 32.1 Å². The molecule has 0 aromatic carbocycles. The van der Waals surface area contributed by atoms with E-state index in [1.165, 1.54) is 263 Å². The van der Waals surface area contributed by atoms with Crippen molar-refractivity contribution in [2.24, 2.45) is 0 Å². The lowest BCUT2D eigenvalue weighted by atomic mass is 10.0. The Morgan fingerprint density at radius 1 is 0.365 bits per heavy atom. The summed E-state index contributed by atoms with van der Waals surface area (Å²) < 4.78 is 0. The first kappa shape index (κ1) is 61.6. The minimum Gasteiger partial charge on any atom is -0.394 e. The van der Waals surface area contributed by atoms with Crippen LogP contribution < -0.4 is 5.32 Å². The van der Waals surface area contributed by atoms with Crippen molar-refractivity contribution in [2.75, 3.05) is 6.61 Å². The molecule has 0 saturated carbocycles. The van der Waals surface area contributed by atoms with Gasteiger partial charge >= 0.3 is 0 Å². The third-order valence-corrected chi connectivity index (χ3v) is 13.3. The van der Waals surface area contributed by atoms with E-state index in [2.05, 4.69) is 43.5 Å². The fraction of sp³-hybridized carbons (Fsp3) is 0.881. The molecule has 0 fully saturated rings. The number of unbranched alkanes of at least 4 members (excludes halogenated alkanes) is 42. The zero-order chi connectivity index (χ0) is 45.6. The minimum absolute atomic E-state index is 0.0698. The van der Waals surface area contributed by atoms with E-state index in [0.29, 0.717) is 6.42 Å². The molecule has 63 heavy (non-hydrogen) atoms. The van der Waals surface area contributed by atoms with Crippen molar-refractivity contribution < 1.29 is 15.0 Å². The van der Waals surface area contributed by atoms with E-state index >= 15 is 0 Å². The van der Waals surface area contributed by atoms with E-state index in [4.69, 9.17) is 0 Å². The van der Waals surface area contributed by atoms with Gasteiger partial charge in [-0.25, -0.2) is 0 Å². The highest BCUT2D eigenvalue weighted by Crippen LogP contribution is 2.17. The van der Waals surface area contributed by atoms with Crippen LogP contribution >= 0.6 is 0 Å². The lowest BCUT2D eigenvalue weighted by Crippen LogP contribution is -2.45. The maximum Gasteiger partial charge on any atom is 0.220 e. The summed E-state index contributed by atoms with van der Waals surface area (Å²) in [5, 5.41) is 23.2. The summed E-state index contributed by atoms with van der Waals surface area (Å²) in [5.41, 5.74) is 0. The quantitative estimate of drug-likeness (QED) is 0.0421. The summed E-state index contributed by atoms with van der Waals surface area (Å²) in [6, 6.07) is -0.639. The van der Waals surface area contributed by atoms with Crippen LogP contribution in [-0.2, 0) is 4.79 Å². The van der Waals surface area contributed by atoms with Crippen LogP contribution in [0.1, 0.15) is 316 Å². The highest BCUT2D eigenvalue weighted by atomic mass is 16.3. The molecule has 372 valence electrons. The molecule has 0 rings (SSSR count). The molecule has 2 unspecified atom stereocenters. The van der Waals surface area contributed by atoms with E-state index in [1.54, 1.807) is 6.08 Å².